The highest BCUT2D eigenvalue weighted by Gasteiger charge is 2.80. The number of thiazole rings is 1. The highest BCUT2D eigenvalue weighted by atomic mass is 32.2. The number of carboxylic acids is 2. The van der Waals surface area contributed by atoms with Gasteiger partial charge in [-0.25, -0.2) is 29.1 Å². The molecule has 0 spiro atoms. The van der Waals surface area contributed by atoms with E-state index >= 15 is 0 Å². The molecule has 8 N–H and O–H groups in total. The Kier molecular flexibility index (Phi) is 21.9. The number of likely N-dealkylation sites (N-methyl/N-ethyl adjacent to an activating group) is 1. The van der Waals surface area contributed by atoms with Crippen LogP contribution in [0, 0.1) is 34.5 Å². The van der Waals surface area contributed by atoms with Crippen molar-refractivity contribution in [2.45, 2.75) is 197 Å². The fourth-order valence-corrected chi connectivity index (χ4v) is 22.0. The minimum atomic E-state index is -4.69. The highest BCUT2D eigenvalue weighted by Crippen LogP contribution is 2.79. The average Bonchev–Trinajstić information content (AvgIpc) is 0.951. The summed E-state index contributed by atoms with van der Waals surface area (Å²) in [6.07, 6.45) is 8.31. The normalized spacial score (nSPS) is 28.6. The minimum Gasteiger partial charge on any atom is -0.490 e. The van der Waals surface area contributed by atoms with E-state index in [0.717, 1.165) is 109 Å². The number of urea groups is 1. The number of rotatable bonds is 32. The Morgan fingerprint density at radius 1 is 0.842 bits per heavy atom. The summed E-state index contributed by atoms with van der Waals surface area (Å²) in [6.45, 7) is 7.96. The number of pyridine rings is 1. The number of aliphatic carboxylic acids is 1. The molecule has 6 unspecified atom stereocenters. The number of aliphatic hydroxyl groups is 2. The number of anilines is 2. The predicted octanol–water partition coefficient (Wildman–Crippen LogP) is 8.99. The molecule has 7 saturated carbocycles. The second-order valence-corrected chi connectivity index (χ2v) is 36.1. The lowest BCUT2D eigenvalue weighted by molar-refractivity contribution is -0.248. The van der Waals surface area contributed by atoms with Crippen LogP contribution < -0.4 is 30.3 Å². The van der Waals surface area contributed by atoms with Gasteiger partial charge in [-0.15, -0.1) is 0 Å². The Bertz CT molecular complexity index is 4880. The lowest BCUT2D eigenvalue weighted by atomic mass is 9.39. The summed E-state index contributed by atoms with van der Waals surface area (Å²) in [6, 6.07) is 20.1. The summed E-state index contributed by atoms with van der Waals surface area (Å²) in [5, 5.41) is 56.0. The van der Waals surface area contributed by atoms with Crippen molar-refractivity contribution in [2.75, 3.05) is 62.4 Å². The first kappa shape index (κ1) is 79.7. The van der Waals surface area contributed by atoms with Gasteiger partial charge in [-0.3, -0.25) is 43.5 Å². The molecule has 8 fully saturated rings. The number of imide groups is 1. The Morgan fingerprint density at radius 3 is 2.34 bits per heavy atom. The number of aromatic nitrogens is 4. The number of benzene rings is 3. The smallest absolute Gasteiger partial charge is 0.409 e. The number of nitrogens with zero attached hydrogens (tertiary/aromatic N) is 7. The molecule has 11 atom stereocenters. The molecule has 31 nitrogen and oxygen atoms in total. The largest absolute Gasteiger partial charge is 0.490 e. The molecule has 16 rings (SSSR count). The molecule has 4 bridgehead atoms. The van der Waals surface area contributed by atoms with Crippen LogP contribution in [0.25, 0.3) is 32.6 Å². The van der Waals surface area contributed by atoms with Crippen LogP contribution in [0.4, 0.5) is 20.4 Å². The summed E-state index contributed by atoms with van der Waals surface area (Å²) in [4.78, 5) is 117. The van der Waals surface area contributed by atoms with Crippen LogP contribution >= 0.6 is 11.3 Å². The van der Waals surface area contributed by atoms with Gasteiger partial charge in [0, 0.05) is 116 Å². The van der Waals surface area contributed by atoms with Crippen molar-refractivity contribution in [3.05, 3.63) is 114 Å². The van der Waals surface area contributed by atoms with Crippen molar-refractivity contribution in [1.82, 2.24) is 40.2 Å². The Morgan fingerprint density at radius 2 is 1.62 bits per heavy atom. The first-order valence-corrected chi connectivity index (χ1v) is 41.5. The number of ether oxygens (including phenoxy) is 6. The van der Waals surface area contributed by atoms with Crippen LogP contribution in [0.3, 0.4) is 0 Å². The zero-order chi connectivity index (χ0) is 80.4. The number of unbranched alkanes of at least 4 members (excludes halogenated alkanes) is 2. The number of hydrogen-bond acceptors (Lipinski definition) is 22. The van der Waals surface area contributed by atoms with Crippen molar-refractivity contribution in [3.63, 3.8) is 0 Å². The number of fused-ring (bicyclic) bond motifs is 3. The van der Waals surface area contributed by atoms with E-state index in [-0.39, 0.29) is 97.0 Å². The van der Waals surface area contributed by atoms with Crippen molar-refractivity contribution in [1.29, 1.82) is 0 Å². The SMILES string of the molecule is Cc1c(-c2ccc(-c3ccc4c(c3)N(C(=O)Nc3nc5ccccc5s3)CCC4)nc2C(=O)O)cnn1CC12CC3(C)CC(C)(C1)CC(OCCN(C)C(=O)OCc1ccc(OC4CCC4C45CCC4(OCCNC(=O)[C@H](CS(=O)(=O)O)NC(=O)CCCCCN4C(=O)C=CC4=O)C5)cc1O[C@@H]1O[C@H](C(=O)O)C[C@H](O)[C@@H]1O)(C3)C2. The van der Waals surface area contributed by atoms with Crippen LogP contribution in [0.2, 0.25) is 0 Å². The maximum absolute atomic E-state index is 14.0. The molecule has 6 heterocycles. The first-order chi connectivity index (χ1) is 54.3. The van der Waals surface area contributed by atoms with Crippen molar-refractivity contribution in [2.24, 2.45) is 27.6 Å². The number of para-hydroxylation sites is 1. The summed E-state index contributed by atoms with van der Waals surface area (Å²) >= 11 is 1.40. The molecule has 7 aliphatic carbocycles. The van der Waals surface area contributed by atoms with E-state index in [2.05, 4.69) is 34.8 Å². The molecule has 0 radical (unpaired) electrons. The third-order valence-electron chi connectivity index (χ3n) is 24.9. The molecular weight excluding hydrogens is 1510 g/mol. The third kappa shape index (κ3) is 16.4. The lowest BCUT2D eigenvalue weighted by Gasteiger charge is -2.69. The molecule has 3 aliphatic heterocycles. The molecule has 7 amide bonds. The number of nitrogens with one attached hydrogen (secondary N) is 3. The number of hydrogen-bond donors (Lipinski definition) is 8. The fourth-order valence-electron chi connectivity index (χ4n) is 20.5. The molecular formula is C81H96N10O21S2. The van der Waals surface area contributed by atoms with Crippen LogP contribution in [0.15, 0.2) is 91.1 Å². The van der Waals surface area contributed by atoms with Crippen molar-refractivity contribution >= 4 is 90.2 Å². The number of carbonyl (C=O) groups excluding carboxylic acids is 6. The van der Waals surface area contributed by atoms with Gasteiger partial charge in [-0.1, -0.05) is 55.9 Å². The van der Waals surface area contributed by atoms with Gasteiger partial charge in [-0.05, 0) is 168 Å². The maximum Gasteiger partial charge on any atom is 0.409 e. The van der Waals surface area contributed by atoms with E-state index in [0.29, 0.717) is 77.6 Å². The van der Waals surface area contributed by atoms with Crippen molar-refractivity contribution in [3.8, 4) is 33.9 Å². The van der Waals surface area contributed by atoms with E-state index in [9.17, 15) is 71.8 Å². The van der Waals surface area contributed by atoms with E-state index in [1.54, 1.807) is 42.4 Å². The quantitative estimate of drug-likeness (QED) is 0.0111. The van der Waals surface area contributed by atoms with Gasteiger partial charge in [0.05, 0.1) is 52.6 Å². The predicted molar refractivity (Wildman–Crippen MR) is 413 cm³/mol. The van der Waals surface area contributed by atoms with Crippen LogP contribution in [0.1, 0.15) is 150 Å². The molecule has 114 heavy (non-hydrogen) atoms. The number of amides is 7. The molecule has 10 aliphatic rings. The third-order valence-corrected chi connectivity index (χ3v) is 26.6. The zero-order valence-electron chi connectivity index (χ0n) is 64.0. The van der Waals surface area contributed by atoms with Crippen LogP contribution in [0.5, 0.6) is 11.5 Å². The lowest BCUT2D eigenvalue weighted by Crippen LogP contribution is -2.64. The second-order valence-electron chi connectivity index (χ2n) is 33.6. The minimum absolute atomic E-state index is 0.0296. The van der Waals surface area contributed by atoms with E-state index < -0.39 is 106 Å². The van der Waals surface area contributed by atoms with E-state index in [4.69, 9.17) is 38.5 Å². The van der Waals surface area contributed by atoms with E-state index in [1.165, 1.54) is 28.4 Å². The number of carbonyl (C=O) groups is 8. The summed E-state index contributed by atoms with van der Waals surface area (Å²) in [5.74, 6) is -5.45. The summed E-state index contributed by atoms with van der Waals surface area (Å²) in [7, 11) is -3.08. The van der Waals surface area contributed by atoms with Crippen molar-refractivity contribution < 1.29 is 100 Å². The molecule has 1 saturated heterocycles. The fraction of sp³-hybridized carbons (Fsp3) is 0.543. The Hall–Kier alpha value is -9.48. The van der Waals surface area contributed by atoms with Gasteiger partial charge < -0.3 is 64.4 Å². The van der Waals surface area contributed by atoms with Gasteiger partial charge in [0.15, 0.2) is 16.9 Å². The maximum atomic E-state index is 14.0. The number of carboxylic acid groups (broad SMARTS) is 2. The zero-order valence-corrected chi connectivity index (χ0v) is 65.6. The Labute approximate surface area is 662 Å². The van der Waals surface area contributed by atoms with Gasteiger partial charge in [-0.2, -0.15) is 13.5 Å². The van der Waals surface area contributed by atoms with Crippen LogP contribution in [-0.2, 0) is 72.6 Å². The van der Waals surface area contributed by atoms with Gasteiger partial charge >= 0.3 is 24.1 Å². The summed E-state index contributed by atoms with van der Waals surface area (Å²) < 4.78 is 74.4. The second kappa shape index (κ2) is 31.3. The standard InChI is InChI=1S/C81H96N10O21S2/c1-47-53(52-19-21-55(85-67(52)71(100)101)49-16-15-48-11-10-29-89(58(48)33-49)74(102)87-73-86-56-12-7-8-13-63(56)113-73)36-83-91(47)46-78-40-76(2)39-77(3,41-78)43-79(42-76,44-78)108-32-30-88(4)75(103)107-37-50-17-18-51(34-61(50)111-72-68(96)59(92)35-62(112-72)70(98)99)110-60-22-20-54(60)80-25-26-81(80,45-80)109-31-27-82-69(97)57(38-114(104,105)106)84-64(93)14-6-5-9-28-90-65(94)23-24-66(90)95/h7-8,12-13,15-19,21,23-24,33-34,36,54,57,59-60,62,68,72,92,96H,5-6,9-11,14,20,22,25-32,35,37-46H2,1-4H3,(H,82,97)(H,84,93)(H,98,99)(H,100,101)(H,86,87,102)(H,104,105,106)/t54?,57-,59-,60?,62-,68-,72+,76?,77?,78?,79?,80?,81?/m0/s1. The average molecular weight is 1610 g/mol. The molecule has 3 aromatic heterocycles. The molecule has 3 aromatic carbocycles. The van der Waals surface area contributed by atoms with E-state index in [1.807, 2.05) is 60.1 Å². The molecule has 6 aromatic rings. The summed E-state index contributed by atoms with van der Waals surface area (Å²) in [5.41, 5.74) is 4.14. The molecule has 608 valence electrons. The highest BCUT2D eigenvalue weighted by molar-refractivity contribution is 7.85. The number of aryl methyl sites for hydroxylation is 1. The molecule has 33 heteroatoms. The van der Waals surface area contributed by atoms with Gasteiger partial charge in [0.1, 0.15) is 42.1 Å². The topological polar surface area (TPSA) is 417 Å². The first-order valence-electron chi connectivity index (χ1n) is 39.1. The number of aliphatic hydroxyl groups excluding tert-OH is 2. The Balaban J connectivity index is 0.555. The number of aromatic carboxylic acids is 1. The van der Waals surface area contributed by atoms with Gasteiger partial charge in [0.2, 0.25) is 18.1 Å². The monoisotopic (exact) mass is 1610 g/mol. The van der Waals surface area contributed by atoms with Gasteiger partial charge in [0.25, 0.3) is 21.9 Å². The van der Waals surface area contributed by atoms with Crippen LogP contribution in [-0.4, -0.2) is 211 Å².